The van der Waals surface area contributed by atoms with Gasteiger partial charge in [0.2, 0.25) is 0 Å². The molecule has 0 saturated heterocycles. The van der Waals surface area contributed by atoms with Gasteiger partial charge in [-0.1, -0.05) is 30.3 Å². The monoisotopic (exact) mass is 245 g/mol. The molecule has 3 N–H and O–H groups in total. The molecule has 16 heavy (non-hydrogen) atoms. The SMILES string of the molecule is CCOC(=O)[C@@H](O)[C@@H](N)c1ccccc1.Cl. The Bertz CT molecular complexity index is 318. The van der Waals surface area contributed by atoms with Gasteiger partial charge in [0.25, 0.3) is 0 Å². The number of halogens is 1. The van der Waals surface area contributed by atoms with Gasteiger partial charge >= 0.3 is 5.97 Å². The molecule has 1 rings (SSSR count). The summed E-state index contributed by atoms with van der Waals surface area (Å²) in [5, 5.41) is 9.57. The minimum Gasteiger partial charge on any atom is -0.464 e. The molecule has 0 aliphatic heterocycles. The Hall–Kier alpha value is -1.10. The van der Waals surface area contributed by atoms with Gasteiger partial charge in [0.1, 0.15) is 0 Å². The van der Waals surface area contributed by atoms with Crippen LogP contribution in [-0.2, 0) is 9.53 Å². The molecule has 1 aromatic rings. The van der Waals surface area contributed by atoms with Crippen molar-refractivity contribution in [3.63, 3.8) is 0 Å². The number of aliphatic hydroxyl groups excluding tert-OH is 1. The Morgan fingerprint density at radius 2 is 2.00 bits per heavy atom. The Kier molecular flexibility index (Phi) is 6.72. The quantitative estimate of drug-likeness (QED) is 0.778. The van der Waals surface area contributed by atoms with Crippen LogP contribution in [0.1, 0.15) is 18.5 Å². The van der Waals surface area contributed by atoms with Crippen LogP contribution in [0.3, 0.4) is 0 Å². The highest BCUT2D eigenvalue weighted by molar-refractivity contribution is 5.85. The van der Waals surface area contributed by atoms with Crippen LogP contribution >= 0.6 is 12.4 Å². The van der Waals surface area contributed by atoms with Crippen molar-refractivity contribution in [3.8, 4) is 0 Å². The Balaban J connectivity index is 0.00000225. The van der Waals surface area contributed by atoms with Crippen LogP contribution in [0.2, 0.25) is 0 Å². The fourth-order valence-electron chi connectivity index (χ4n) is 1.23. The van der Waals surface area contributed by atoms with E-state index in [4.69, 9.17) is 5.73 Å². The van der Waals surface area contributed by atoms with E-state index in [1.54, 1.807) is 31.2 Å². The maximum atomic E-state index is 11.2. The molecule has 0 aliphatic rings. The van der Waals surface area contributed by atoms with E-state index < -0.39 is 18.1 Å². The first-order valence-corrected chi connectivity index (χ1v) is 4.82. The summed E-state index contributed by atoms with van der Waals surface area (Å²) in [6, 6.07) is 8.21. The zero-order valence-corrected chi connectivity index (χ0v) is 9.81. The summed E-state index contributed by atoms with van der Waals surface area (Å²) in [4.78, 5) is 11.2. The highest BCUT2D eigenvalue weighted by atomic mass is 35.5. The number of rotatable bonds is 4. The summed E-state index contributed by atoms with van der Waals surface area (Å²) in [5.41, 5.74) is 6.43. The molecule has 0 aliphatic carbocycles. The molecular weight excluding hydrogens is 230 g/mol. The van der Waals surface area contributed by atoms with Crippen LogP contribution in [0.25, 0.3) is 0 Å². The lowest BCUT2D eigenvalue weighted by atomic mass is 10.0. The number of aliphatic hydroxyl groups is 1. The third-order valence-electron chi connectivity index (χ3n) is 2.05. The van der Waals surface area contributed by atoms with E-state index in [2.05, 4.69) is 4.74 Å². The fraction of sp³-hybridized carbons (Fsp3) is 0.364. The van der Waals surface area contributed by atoms with E-state index in [0.717, 1.165) is 0 Å². The molecular formula is C11H16ClNO3. The molecule has 0 bridgehead atoms. The van der Waals surface area contributed by atoms with Crippen LogP contribution < -0.4 is 5.73 Å². The van der Waals surface area contributed by atoms with E-state index in [1.165, 1.54) is 0 Å². The molecule has 90 valence electrons. The molecule has 2 atom stereocenters. The summed E-state index contributed by atoms with van der Waals surface area (Å²) >= 11 is 0. The van der Waals surface area contributed by atoms with E-state index in [1.807, 2.05) is 6.07 Å². The van der Waals surface area contributed by atoms with Crippen LogP contribution in [-0.4, -0.2) is 23.8 Å². The molecule has 0 unspecified atom stereocenters. The highest BCUT2D eigenvalue weighted by Crippen LogP contribution is 2.14. The number of carbonyl (C=O) groups is 1. The third-order valence-corrected chi connectivity index (χ3v) is 2.05. The van der Waals surface area contributed by atoms with Crippen LogP contribution in [0.15, 0.2) is 30.3 Å². The molecule has 0 fully saturated rings. The second-order valence-electron chi connectivity index (χ2n) is 3.13. The van der Waals surface area contributed by atoms with Gasteiger partial charge in [0.05, 0.1) is 12.6 Å². The van der Waals surface area contributed by atoms with E-state index in [0.29, 0.717) is 5.56 Å². The van der Waals surface area contributed by atoms with Crippen molar-refractivity contribution in [3.05, 3.63) is 35.9 Å². The highest BCUT2D eigenvalue weighted by Gasteiger charge is 2.25. The first-order valence-electron chi connectivity index (χ1n) is 4.82. The summed E-state index contributed by atoms with van der Waals surface area (Å²) in [6.07, 6.45) is -1.31. The van der Waals surface area contributed by atoms with E-state index in [9.17, 15) is 9.90 Å². The number of carbonyl (C=O) groups excluding carboxylic acids is 1. The minimum absolute atomic E-state index is 0. The fourth-order valence-corrected chi connectivity index (χ4v) is 1.23. The van der Waals surface area contributed by atoms with Gasteiger partial charge in [0.15, 0.2) is 6.10 Å². The normalized spacial score (nSPS) is 13.4. The van der Waals surface area contributed by atoms with Gasteiger partial charge in [-0.25, -0.2) is 4.79 Å². The average molecular weight is 246 g/mol. The van der Waals surface area contributed by atoms with Gasteiger partial charge in [-0.3, -0.25) is 0 Å². The first-order chi connectivity index (χ1) is 7.16. The van der Waals surface area contributed by atoms with Gasteiger partial charge in [-0.2, -0.15) is 0 Å². The van der Waals surface area contributed by atoms with Gasteiger partial charge < -0.3 is 15.6 Å². The first kappa shape index (κ1) is 14.9. The number of hydrogen-bond acceptors (Lipinski definition) is 4. The van der Waals surface area contributed by atoms with Crippen molar-refractivity contribution in [2.45, 2.75) is 19.1 Å². The summed E-state index contributed by atoms with van der Waals surface area (Å²) < 4.78 is 4.68. The predicted molar refractivity (Wildman–Crippen MR) is 63.3 cm³/mol. The molecule has 5 heteroatoms. The Morgan fingerprint density at radius 1 is 1.44 bits per heavy atom. The van der Waals surface area contributed by atoms with Crippen molar-refractivity contribution >= 4 is 18.4 Å². The van der Waals surface area contributed by atoms with Crippen LogP contribution in [0.5, 0.6) is 0 Å². The maximum absolute atomic E-state index is 11.2. The minimum atomic E-state index is -1.31. The zero-order chi connectivity index (χ0) is 11.3. The van der Waals surface area contributed by atoms with Gasteiger partial charge in [-0.05, 0) is 12.5 Å². The molecule has 1 aromatic carbocycles. The smallest absolute Gasteiger partial charge is 0.336 e. The lowest BCUT2D eigenvalue weighted by Gasteiger charge is -2.17. The predicted octanol–water partition coefficient (Wildman–Crippen LogP) is 1.03. The number of benzene rings is 1. The molecule has 0 saturated carbocycles. The largest absolute Gasteiger partial charge is 0.464 e. The lowest BCUT2D eigenvalue weighted by Crippen LogP contribution is -2.34. The molecule has 0 amide bonds. The molecule has 0 heterocycles. The second-order valence-corrected chi connectivity index (χ2v) is 3.13. The van der Waals surface area contributed by atoms with Crippen LogP contribution in [0.4, 0.5) is 0 Å². The van der Waals surface area contributed by atoms with E-state index >= 15 is 0 Å². The number of hydrogen-bond donors (Lipinski definition) is 2. The Labute approximate surface area is 101 Å². The number of esters is 1. The lowest BCUT2D eigenvalue weighted by molar-refractivity contribution is -0.154. The van der Waals surface area contributed by atoms with Crippen molar-refractivity contribution in [2.75, 3.05) is 6.61 Å². The van der Waals surface area contributed by atoms with Crippen molar-refractivity contribution in [1.82, 2.24) is 0 Å². The summed E-state index contributed by atoms with van der Waals surface area (Å²) in [6.45, 7) is 1.91. The van der Waals surface area contributed by atoms with E-state index in [-0.39, 0.29) is 19.0 Å². The zero-order valence-electron chi connectivity index (χ0n) is 9.00. The topological polar surface area (TPSA) is 72.5 Å². The Morgan fingerprint density at radius 3 is 2.50 bits per heavy atom. The van der Waals surface area contributed by atoms with Gasteiger partial charge in [-0.15, -0.1) is 12.4 Å². The molecule has 0 aromatic heterocycles. The van der Waals surface area contributed by atoms with Crippen molar-refractivity contribution in [1.29, 1.82) is 0 Å². The third kappa shape index (κ3) is 3.81. The molecule has 4 nitrogen and oxygen atoms in total. The molecule has 0 radical (unpaired) electrons. The second kappa shape index (κ2) is 7.22. The van der Waals surface area contributed by atoms with Crippen LogP contribution in [0, 0.1) is 0 Å². The standard InChI is InChI=1S/C11H15NO3.ClH/c1-2-15-11(14)10(13)9(12)8-6-4-3-5-7-8;/h3-7,9-10,13H,2,12H2,1H3;1H/t9-,10-;/m0./s1. The molecule has 0 spiro atoms. The number of nitrogens with two attached hydrogens (primary N) is 1. The maximum Gasteiger partial charge on any atom is 0.336 e. The van der Waals surface area contributed by atoms with Crippen molar-refractivity contribution in [2.24, 2.45) is 5.73 Å². The van der Waals surface area contributed by atoms with Gasteiger partial charge in [0, 0.05) is 0 Å². The summed E-state index contributed by atoms with van der Waals surface area (Å²) in [7, 11) is 0. The number of ether oxygens (including phenoxy) is 1. The average Bonchev–Trinajstić information content (AvgIpc) is 2.28. The summed E-state index contributed by atoms with van der Waals surface area (Å²) in [5.74, 6) is -0.686. The van der Waals surface area contributed by atoms with Crippen molar-refractivity contribution < 1.29 is 14.6 Å².